The molecule has 236 valence electrons. The molecule has 0 aromatic heterocycles. The zero-order valence-corrected chi connectivity index (χ0v) is 27.5. The van der Waals surface area contributed by atoms with Gasteiger partial charge in [0, 0.05) is 13.0 Å². The summed E-state index contributed by atoms with van der Waals surface area (Å²) in [6.07, 6.45) is 18.5. The summed E-state index contributed by atoms with van der Waals surface area (Å²) in [5, 5.41) is 2.81. The van der Waals surface area contributed by atoms with Crippen LogP contribution >= 0.6 is 0 Å². The summed E-state index contributed by atoms with van der Waals surface area (Å²) in [6, 6.07) is 0. The van der Waals surface area contributed by atoms with Crippen molar-refractivity contribution in [2.45, 2.75) is 125 Å². The molecule has 0 bridgehead atoms. The van der Waals surface area contributed by atoms with E-state index in [9.17, 15) is 4.79 Å². The second-order valence-electron chi connectivity index (χ2n) is 15.0. The molecule has 41 heavy (non-hydrogen) atoms. The predicted octanol–water partition coefficient (Wildman–Crippen LogP) is 7.97. The second kappa shape index (κ2) is 15.2. The topological polar surface area (TPSA) is 56.8 Å². The maximum absolute atomic E-state index is 11.2. The number of fused-ring (bicyclic) bond motifs is 5. The molecule has 0 unspecified atom stereocenters. The van der Waals surface area contributed by atoms with Crippen LogP contribution in [0.15, 0.2) is 11.6 Å². The van der Waals surface area contributed by atoms with Crippen molar-refractivity contribution >= 4 is 5.91 Å². The van der Waals surface area contributed by atoms with Gasteiger partial charge in [0.15, 0.2) is 0 Å². The molecule has 0 saturated heterocycles. The largest absolute Gasteiger partial charge is 0.377 e. The number of rotatable bonds is 16. The van der Waals surface area contributed by atoms with Crippen molar-refractivity contribution in [1.82, 2.24) is 5.32 Å². The highest BCUT2D eigenvalue weighted by molar-refractivity contribution is 5.75. The first-order valence-electron chi connectivity index (χ1n) is 17.4. The van der Waals surface area contributed by atoms with Gasteiger partial charge >= 0.3 is 0 Å². The van der Waals surface area contributed by atoms with Crippen molar-refractivity contribution in [3.05, 3.63) is 11.6 Å². The van der Waals surface area contributed by atoms with E-state index in [0.29, 0.717) is 62.9 Å². The molecule has 1 N–H and O–H groups in total. The molecular weight excluding hydrogens is 510 g/mol. The summed E-state index contributed by atoms with van der Waals surface area (Å²) in [6.45, 7) is 18.0. The summed E-state index contributed by atoms with van der Waals surface area (Å²) in [5.41, 5.74) is 2.66. The lowest BCUT2D eigenvalue weighted by Gasteiger charge is -2.58. The van der Waals surface area contributed by atoms with Crippen molar-refractivity contribution in [3.8, 4) is 0 Å². The normalized spacial score (nSPS) is 35.4. The minimum absolute atomic E-state index is 0.0652. The molecule has 3 fully saturated rings. The summed E-state index contributed by atoms with van der Waals surface area (Å²) in [5.74, 6) is 5.42. The summed E-state index contributed by atoms with van der Waals surface area (Å²) < 4.78 is 17.6. The Hall–Kier alpha value is -0.910. The lowest BCUT2D eigenvalue weighted by atomic mass is 9.47. The minimum Gasteiger partial charge on any atom is -0.377 e. The van der Waals surface area contributed by atoms with E-state index in [1.807, 2.05) is 6.92 Å². The second-order valence-corrected chi connectivity index (χ2v) is 15.0. The highest BCUT2D eigenvalue weighted by atomic mass is 16.5. The number of carbonyl (C=O) groups is 1. The Bertz CT molecular complexity index is 857. The fraction of sp³-hybridized carbons (Fsp3) is 0.917. The van der Waals surface area contributed by atoms with Crippen LogP contribution in [-0.4, -0.2) is 51.6 Å². The average Bonchev–Trinajstić information content (AvgIpc) is 3.31. The van der Waals surface area contributed by atoms with E-state index < -0.39 is 0 Å². The molecule has 0 radical (unpaired) electrons. The summed E-state index contributed by atoms with van der Waals surface area (Å²) in [4.78, 5) is 11.2. The van der Waals surface area contributed by atoms with Gasteiger partial charge in [0.2, 0.25) is 5.91 Å². The summed E-state index contributed by atoms with van der Waals surface area (Å²) >= 11 is 0. The molecule has 4 aliphatic rings. The Kier molecular flexibility index (Phi) is 12.2. The van der Waals surface area contributed by atoms with Crippen LogP contribution in [0.1, 0.15) is 119 Å². The molecule has 8 atom stereocenters. The number of ether oxygens (including phenoxy) is 3. The van der Waals surface area contributed by atoms with Crippen LogP contribution in [0, 0.1) is 46.3 Å². The zero-order valence-electron chi connectivity index (χ0n) is 27.5. The molecule has 1 amide bonds. The van der Waals surface area contributed by atoms with Gasteiger partial charge in [0.1, 0.15) is 0 Å². The Morgan fingerprint density at radius 1 is 0.951 bits per heavy atom. The molecule has 4 rings (SSSR count). The molecule has 5 nitrogen and oxygen atoms in total. The van der Waals surface area contributed by atoms with Gasteiger partial charge in [-0.2, -0.15) is 0 Å². The zero-order chi connectivity index (χ0) is 29.5. The first-order chi connectivity index (χ1) is 19.7. The van der Waals surface area contributed by atoms with Gasteiger partial charge in [-0.25, -0.2) is 0 Å². The van der Waals surface area contributed by atoms with Gasteiger partial charge < -0.3 is 19.5 Å². The van der Waals surface area contributed by atoms with Gasteiger partial charge in [-0.1, -0.05) is 72.5 Å². The van der Waals surface area contributed by atoms with Crippen molar-refractivity contribution in [1.29, 1.82) is 0 Å². The van der Waals surface area contributed by atoms with E-state index in [1.54, 1.807) is 5.57 Å². The molecule has 0 heterocycles. The third-order valence-corrected chi connectivity index (χ3v) is 12.1. The molecule has 3 saturated carbocycles. The van der Waals surface area contributed by atoms with Crippen LogP contribution in [-0.2, 0) is 19.0 Å². The SMILES string of the molecule is CCC(=O)NCCOCCOCCO[C@H]1CC[C@@]2(C)C(=CC[C@H]3[C@@H]4CC[C@H]([C@H](C)CCCC(C)C)[C@@]4(C)CC[C@@H]32)C1. The maximum Gasteiger partial charge on any atom is 0.219 e. The molecule has 4 aliphatic carbocycles. The van der Waals surface area contributed by atoms with E-state index in [0.717, 1.165) is 41.9 Å². The third-order valence-electron chi connectivity index (χ3n) is 12.1. The van der Waals surface area contributed by atoms with Gasteiger partial charge in [-0.3, -0.25) is 4.79 Å². The molecule has 5 heteroatoms. The predicted molar refractivity (Wildman–Crippen MR) is 168 cm³/mol. The van der Waals surface area contributed by atoms with E-state index in [1.165, 1.54) is 64.2 Å². The van der Waals surface area contributed by atoms with Crippen LogP contribution in [0.2, 0.25) is 0 Å². The number of hydrogen-bond acceptors (Lipinski definition) is 4. The highest BCUT2D eigenvalue weighted by Crippen LogP contribution is 2.67. The third kappa shape index (κ3) is 7.98. The fourth-order valence-corrected chi connectivity index (χ4v) is 9.78. The summed E-state index contributed by atoms with van der Waals surface area (Å²) in [7, 11) is 0. The lowest BCUT2D eigenvalue weighted by molar-refractivity contribution is -0.121. The van der Waals surface area contributed by atoms with Crippen LogP contribution in [0.25, 0.3) is 0 Å². The molecule has 0 aromatic rings. The number of hydrogen-bond donors (Lipinski definition) is 1. The Balaban J connectivity index is 1.19. The van der Waals surface area contributed by atoms with Crippen molar-refractivity contribution < 1.29 is 19.0 Å². The Morgan fingerprint density at radius 3 is 2.46 bits per heavy atom. The first kappa shape index (κ1) is 33.0. The number of amides is 1. The van der Waals surface area contributed by atoms with Gasteiger partial charge in [0.05, 0.1) is 39.1 Å². The van der Waals surface area contributed by atoms with Crippen LogP contribution in [0.5, 0.6) is 0 Å². The fourth-order valence-electron chi connectivity index (χ4n) is 9.78. The maximum atomic E-state index is 11.2. The molecular formula is C36H63NO4. The molecule has 0 spiro atoms. The monoisotopic (exact) mass is 573 g/mol. The minimum atomic E-state index is 0.0652. The molecule has 0 aromatic carbocycles. The van der Waals surface area contributed by atoms with Gasteiger partial charge in [-0.05, 0) is 97.7 Å². The molecule has 0 aliphatic heterocycles. The number of allylic oxidation sites excluding steroid dienone is 1. The Labute approximate surface area is 252 Å². The lowest BCUT2D eigenvalue weighted by Crippen LogP contribution is -2.51. The standard InChI is InChI=1S/C36H63NO4/c1-7-34(38)37-19-20-39-21-22-40-23-24-41-29-15-17-35(5)28(25-29)11-12-30-32-14-13-31(27(4)10-8-9-26(2)3)36(32,6)18-16-33(30)35/h11,26-27,29-33H,7-10,12-25H2,1-6H3,(H,37,38)/t27-,29+,30+,31-,32+,33+,35+,36-/m1/s1. The van der Waals surface area contributed by atoms with Crippen LogP contribution in [0.3, 0.4) is 0 Å². The van der Waals surface area contributed by atoms with Crippen molar-refractivity contribution in [3.63, 3.8) is 0 Å². The first-order valence-corrected chi connectivity index (χ1v) is 17.4. The smallest absolute Gasteiger partial charge is 0.219 e. The van der Waals surface area contributed by atoms with E-state index in [4.69, 9.17) is 14.2 Å². The van der Waals surface area contributed by atoms with E-state index in [-0.39, 0.29) is 5.91 Å². The van der Waals surface area contributed by atoms with Gasteiger partial charge in [-0.15, -0.1) is 0 Å². The van der Waals surface area contributed by atoms with E-state index in [2.05, 4.69) is 46.0 Å². The highest BCUT2D eigenvalue weighted by Gasteiger charge is 2.59. The van der Waals surface area contributed by atoms with Gasteiger partial charge in [0.25, 0.3) is 0 Å². The quantitative estimate of drug-likeness (QED) is 0.150. The van der Waals surface area contributed by atoms with Crippen molar-refractivity contribution in [2.24, 2.45) is 46.3 Å². The van der Waals surface area contributed by atoms with E-state index >= 15 is 0 Å². The van der Waals surface area contributed by atoms with Crippen LogP contribution < -0.4 is 5.32 Å². The van der Waals surface area contributed by atoms with Crippen LogP contribution in [0.4, 0.5) is 0 Å². The number of carbonyl (C=O) groups excluding carboxylic acids is 1. The number of nitrogens with one attached hydrogen (secondary N) is 1. The van der Waals surface area contributed by atoms with Crippen molar-refractivity contribution in [2.75, 3.05) is 39.6 Å². The average molecular weight is 574 g/mol. The Morgan fingerprint density at radius 2 is 1.71 bits per heavy atom.